The van der Waals surface area contributed by atoms with Crippen molar-refractivity contribution in [1.29, 1.82) is 0 Å². The van der Waals surface area contributed by atoms with Gasteiger partial charge in [-0.15, -0.1) is 0 Å². The molecular formula is C9H16O2S5. The summed E-state index contributed by atoms with van der Waals surface area (Å²) in [5, 5.41) is 0. The van der Waals surface area contributed by atoms with E-state index in [-0.39, 0.29) is 0 Å². The summed E-state index contributed by atoms with van der Waals surface area (Å²) in [5.41, 5.74) is 1.10. The highest BCUT2D eigenvalue weighted by Gasteiger charge is 2.02. The fourth-order valence-corrected chi connectivity index (χ4v) is 4.30. The van der Waals surface area contributed by atoms with Crippen LogP contribution in [0, 0.1) is 0 Å². The van der Waals surface area contributed by atoms with Gasteiger partial charge in [0.2, 0.25) is 4.38 Å². The van der Waals surface area contributed by atoms with Crippen LogP contribution in [0.5, 0.6) is 0 Å². The van der Waals surface area contributed by atoms with E-state index in [1.54, 1.807) is 10.8 Å². The van der Waals surface area contributed by atoms with Crippen LogP contribution in [0.25, 0.3) is 0 Å². The average molecular weight is 317 g/mol. The topological polar surface area (TPSA) is 18.5 Å². The molecule has 0 aromatic heterocycles. The molecule has 0 saturated carbocycles. The van der Waals surface area contributed by atoms with E-state index < -0.39 is 8.77 Å². The quantitative estimate of drug-likeness (QED) is 0.386. The van der Waals surface area contributed by atoms with E-state index in [9.17, 15) is 0 Å². The van der Waals surface area contributed by atoms with Crippen molar-refractivity contribution < 1.29 is 8.92 Å². The van der Waals surface area contributed by atoms with Gasteiger partial charge in [-0.1, -0.05) is 34.7 Å². The van der Waals surface area contributed by atoms with E-state index in [0.29, 0.717) is 17.6 Å². The van der Waals surface area contributed by atoms with Crippen LogP contribution < -0.4 is 0 Å². The Kier molecular flexibility index (Phi) is 11.6. The first-order chi connectivity index (χ1) is 7.60. The van der Waals surface area contributed by atoms with Gasteiger partial charge in [-0.05, 0) is 37.3 Å². The zero-order chi connectivity index (χ0) is 12.4. The maximum Gasteiger partial charge on any atom is 0.220 e. The van der Waals surface area contributed by atoms with Gasteiger partial charge in [0, 0.05) is 11.5 Å². The lowest BCUT2D eigenvalue weighted by atomic mass is 10.4. The van der Waals surface area contributed by atoms with Crippen molar-refractivity contribution in [2.45, 2.75) is 13.8 Å². The van der Waals surface area contributed by atoms with Gasteiger partial charge in [0.05, 0.1) is 22.0 Å². The molecule has 0 radical (unpaired) electrons. The first-order valence-corrected chi connectivity index (χ1v) is 9.71. The fourth-order valence-electron chi connectivity index (χ4n) is 0.624. The van der Waals surface area contributed by atoms with Crippen LogP contribution in [0.1, 0.15) is 13.8 Å². The minimum Gasteiger partial charge on any atom is -0.479 e. The van der Waals surface area contributed by atoms with Gasteiger partial charge in [-0.3, -0.25) is 0 Å². The lowest BCUT2D eigenvalue weighted by Gasteiger charge is -2.07. The molecule has 0 saturated heterocycles. The number of hydrogen-bond donors (Lipinski definition) is 0. The van der Waals surface area contributed by atoms with Crippen LogP contribution in [0.2, 0.25) is 0 Å². The molecule has 0 aliphatic rings. The normalized spacial score (nSPS) is 12.1. The van der Waals surface area contributed by atoms with Crippen molar-refractivity contribution in [2.75, 3.05) is 24.7 Å². The molecule has 0 bridgehead atoms. The predicted octanol–water partition coefficient (Wildman–Crippen LogP) is 3.28. The smallest absolute Gasteiger partial charge is 0.220 e. The number of thiocarbonyl (C=S) groups is 1. The van der Waals surface area contributed by atoms with Crippen LogP contribution in [0.3, 0.4) is 0 Å². The second kappa shape index (κ2) is 11.0. The Balaban J connectivity index is 3.59. The van der Waals surface area contributed by atoms with Crippen LogP contribution in [0.15, 0.2) is 12.2 Å². The Morgan fingerprint density at radius 2 is 2.00 bits per heavy atom. The molecule has 0 aromatic rings. The third kappa shape index (κ3) is 10.0. The molecule has 2 nitrogen and oxygen atoms in total. The maximum absolute atomic E-state index is 5.26. The maximum atomic E-state index is 5.26. The summed E-state index contributed by atoms with van der Waals surface area (Å²) < 4.78 is 11.0. The van der Waals surface area contributed by atoms with Crippen molar-refractivity contribution in [1.82, 2.24) is 0 Å². The minimum atomic E-state index is -0.442. The Morgan fingerprint density at radius 1 is 1.31 bits per heavy atom. The summed E-state index contributed by atoms with van der Waals surface area (Å²) in [5.74, 6) is 1.60. The van der Waals surface area contributed by atoms with E-state index in [0.717, 1.165) is 17.1 Å². The predicted molar refractivity (Wildman–Crippen MR) is 84.6 cm³/mol. The van der Waals surface area contributed by atoms with Gasteiger partial charge in [-0.25, -0.2) is 0 Å². The molecule has 0 fully saturated rings. The van der Waals surface area contributed by atoms with E-state index in [1.807, 2.05) is 13.8 Å². The third-order valence-electron chi connectivity index (χ3n) is 1.23. The summed E-state index contributed by atoms with van der Waals surface area (Å²) in [6.07, 6.45) is 0. The van der Waals surface area contributed by atoms with Gasteiger partial charge < -0.3 is 8.92 Å². The molecule has 0 amide bonds. The molecular weight excluding hydrogens is 300 g/mol. The molecule has 0 rings (SSSR count). The van der Waals surface area contributed by atoms with Gasteiger partial charge in [0.25, 0.3) is 0 Å². The molecule has 0 aliphatic carbocycles. The van der Waals surface area contributed by atoms with Crippen molar-refractivity contribution in [3.63, 3.8) is 0 Å². The van der Waals surface area contributed by atoms with Gasteiger partial charge in [0.15, 0.2) is 0 Å². The summed E-state index contributed by atoms with van der Waals surface area (Å²) >= 11 is 11.6. The monoisotopic (exact) mass is 316 g/mol. The van der Waals surface area contributed by atoms with Crippen molar-refractivity contribution in [3.8, 4) is 0 Å². The summed E-state index contributed by atoms with van der Waals surface area (Å²) in [6.45, 7) is 9.11. The Bertz CT molecular complexity index is 230. The van der Waals surface area contributed by atoms with E-state index in [1.165, 1.54) is 11.8 Å². The third-order valence-corrected chi connectivity index (χ3v) is 6.13. The molecule has 7 heteroatoms. The van der Waals surface area contributed by atoms with Gasteiger partial charge in [0.1, 0.15) is 0 Å². The fraction of sp³-hybridized carbons (Fsp3) is 0.667. The van der Waals surface area contributed by atoms with Crippen LogP contribution in [0.4, 0.5) is 0 Å². The van der Waals surface area contributed by atoms with E-state index in [4.69, 9.17) is 32.3 Å². The Hall–Kier alpha value is 0.860. The highest BCUT2D eigenvalue weighted by atomic mass is 33.3. The second-order valence-electron chi connectivity index (χ2n) is 2.59. The van der Waals surface area contributed by atoms with Gasteiger partial charge >= 0.3 is 0 Å². The van der Waals surface area contributed by atoms with Crippen molar-refractivity contribution in [2.24, 2.45) is 0 Å². The van der Waals surface area contributed by atoms with Crippen molar-refractivity contribution in [3.05, 3.63) is 12.2 Å². The molecule has 0 N–H and O–H groups in total. The highest BCUT2D eigenvalue weighted by molar-refractivity contribution is 8.81. The summed E-state index contributed by atoms with van der Waals surface area (Å²) in [6, 6.07) is 0. The van der Waals surface area contributed by atoms with E-state index in [2.05, 4.69) is 6.58 Å². The summed E-state index contributed by atoms with van der Waals surface area (Å²) in [4.78, 5) is 0. The first-order valence-electron chi connectivity index (χ1n) is 4.74. The van der Waals surface area contributed by atoms with Crippen LogP contribution in [-0.2, 0) is 28.9 Å². The molecule has 0 spiro atoms. The Labute approximate surface area is 118 Å². The standard InChI is InChI=1S/C9H16O2S5/c1-4-10-9(12)14-6-8(3)7-15-16(13)11-5-2/h3-7H2,1-2H3. The molecule has 0 heterocycles. The molecule has 1 unspecified atom stereocenters. The van der Waals surface area contributed by atoms with Crippen LogP contribution in [-0.4, -0.2) is 29.1 Å². The molecule has 0 aromatic carbocycles. The van der Waals surface area contributed by atoms with Gasteiger partial charge in [-0.2, -0.15) is 0 Å². The number of hydrogen-bond acceptors (Lipinski definition) is 6. The molecule has 16 heavy (non-hydrogen) atoms. The van der Waals surface area contributed by atoms with Crippen LogP contribution >= 0.6 is 34.8 Å². The molecule has 94 valence electrons. The number of thioether (sulfide) groups is 1. The average Bonchev–Trinajstić information content (AvgIpc) is 2.24. The molecule has 0 aliphatic heterocycles. The lowest BCUT2D eigenvalue weighted by molar-refractivity contribution is 0.346. The second-order valence-corrected chi connectivity index (χ2v) is 8.50. The lowest BCUT2D eigenvalue weighted by Crippen LogP contribution is -2.00. The largest absolute Gasteiger partial charge is 0.479 e. The van der Waals surface area contributed by atoms with Crippen molar-refractivity contribution >= 4 is 59.1 Å². The Morgan fingerprint density at radius 3 is 2.56 bits per heavy atom. The zero-order valence-electron chi connectivity index (χ0n) is 9.39. The zero-order valence-corrected chi connectivity index (χ0v) is 13.5. The number of rotatable bonds is 8. The molecule has 1 atom stereocenters. The van der Waals surface area contributed by atoms with E-state index >= 15 is 0 Å². The highest BCUT2D eigenvalue weighted by Crippen LogP contribution is 2.17. The SMILES string of the molecule is C=C(CSC(=S)OCC)CSS(=S)OCC. The minimum absolute atomic E-state index is 0.442. The summed E-state index contributed by atoms with van der Waals surface area (Å²) in [7, 11) is 1.16. The first kappa shape index (κ1) is 16.9. The number of ether oxygens (including phenoxy) is 1.